The predicted octanol–water partition coefficient (Wildman–Crippen LogP) is 0.835. The van der Waals surface area contributed by atoms with Crippen molar-refractivity contribution in [3.05, 3.63) is 44.3 Å². The van der Waals surface area contributed by atoms with Gasteiger partial charge in [0.15, 0.2) is 5.01 Å². The molecule has 0 unspecified atom stereocenters. The monoisotopic (exact) mass is 536 g/mol. The maximum atomic E-state index is 12.8. The maximum absolute atomic E-state index is 12.8. The summed E-state index contributed by atoms with van der Waals surface area (Å²) in [6.45, 7) is 1.35. The van der Waals surface area contributed by atoms with Gasteiger partial charge in [0.25, 0.3) is 5.91 Å². The van der Waals surface area contributed by atoms with Crippen molar-refractivity contribution in [2.24, 2.45) is 0 Å². The van der Waals surface area contributed by atoms with Crippen molar-refractivity contribution in [2.75, 3.05) is 39.5 Å². The van der Waals surface area contributed by atoms with Gasteiger partial charge in [-0.1, -0.05) is 15.9 Å². The second-order valence-corrected chi connectivity index (χ2v) is 9.81. The molecule has 2 aromatic rings. The number of thiazole rings is 1. The average Bonchev–Trinajstić information content (AvgIpc) is 3.20. The van der Waals surface area contributed by atoms with E-state index in [2.05, 4.69) is 41.8 Å². The first-order chi connectivity index (χ1) is 15.6. The number of rotatable bonds is 6. The summed E-state index contributed by atoms with van der Waals surface area (Å²) in [5, 5.41) is 7.80. The summed E-state index contributed by atoms with van der Waals surface area (Å²) in [4.78, 5) is 58.7. The molecule has 1 aliphatic rings. The molecule has 1 aromatic heterocycles. The molecule has 176 valence electrons. The molecule has 10 nitrogen and oxygen atoms in total. The number of carbonyl (C=O) groups excluding carboxylic acids is 4. The number of anilines is 1. The Morgan fingerprint density at radius 2 is 1.88 bits per heavy atom. The lowest BCUT2D eigenvalue weighted by Gasteiger charge is -2.21. The lowest BCUT2D eigenvalue weighted by Crippen LogP contribution is -2.53. The van der Waals surface area contributed by atoms with E-state index in [0.717, 1.165) is 34.6 Å². The lowest BCUT2D eigenvalue weighted by molar-refractivity contribution is -0.136. The third kappa shape index (κ3) is 6.59. The van der Waals surface area contributed by atoms with Crippen molar-refractivity contribution in [2.45, 2.75) is 19.0 Å². The summed E-state index contributed by atoms with van der Waals surface area (Å²) in [5.41, 5.74) is 1.35. The Hall–Kier alpha value is -2.83. The number of nitrogens with zero attached hydrogens (tertiary/aromatic N) is 3. The Morgan fingerprint density at radius 3 is 2.55 bits per heavy atom. The highest BCUT2D eigenvalue weighted by molar-refractivity contribution is 9.10. The van der Waals surface area contributed by atoms with Crippen molar-refractivity contribution < 1.29 is 19.2 Å². The molecule has 1 atom stereocenters. The second kappa shape index (κ2) is 10.9. The standard InChI is InChI=1S/C21H25BrN6O4S/c1-27(2)21(32)15(10-23-17(29)18(30)24-13-6-4-12(22)5-7-13)25-19(31)20-26-14-8-9-28(3)11-16(14)33-20/h4-7,15H,8-11H2,1-3H3,(H,23,29)(H,24,30)(H,25,31)/t15-/m0/s1. The maximum Gasteiger partial charge on any atom is 0.313 e. The number of carbonyl (C=O) groups is 4. The van der Waals surface area contributed by atoms with Crippen LogP contribution in [-0.2, 0) is 27.3 Å². The molecule has 3 N–H and O–H groups in total. The molecule has 0 spiro atoms. The van der Waals surface area contributed by atoms with Gasteiger partial charge in [-0.15, -0.1) is 11.3 Å². The van der Waals surface area contributed by atoms with Gasteiger partial charge in [-0.25, -0.2) is 4.98 Å². The average molecular weight is 537 g/mol. The van der Waals surface area contributed by atoms with Gasteiger partial charge in [-0.2, -0.15) is 0 Å². The summed E-state index contributed by atoms with van der Waals surface area (Å²) < 4.78 is 0.832. The summed E-state index contributed by atoms with van der Waals surface area (Å²) in [7, 11) is 5.09. The van der Waals surface area contributed by atoms with Gasteiger partial charge in [0.2, 0.25) is 5.91 Å². The highest BCUT2D eigenvalue weighted by Crippen LogP contribution is 2.24. The smallest absolute Gasteiger partial charge is 0.313 e. The molecule has 2 heterocycles. The minimum absolute atomic E-state index is 0.247. The van der Waals surface area contributed by atoms with E-state index in [1.165, 1.54) is 16.2 Å². The zero-order valence-corrected chi connectivity index (χ0v) is 20.9. The molecule has 4 amide bonds. The fourth-order valence-electron chi connectivity index (χ4n) is 3.15. The van der Waals surface area contributed by atoms with Crippen LogP contribution in [0.2, 0.25) is 0 Å². The Labute approximate surface area is 203 Å². The van der Waals surface area contributed by atoms with E-state index >= 15 is 0 Å². The Balaban J connectivity index is 1.62. The van der Waals surface area contributed by atoms with Crippen molar-refractivity contribution in [1.82, 2.24) is 25.4 Å². The Morgan fingerprint density at radius 1 is 1.18 bits per heavy atom. The molecule has 0 radical (unpaired) electrons. The number of amides is 4. The van der Waals surface area contributed by atoms with Crippen LogP contribution in [-0.4, -0.2) is 78.7 Å². The van der Waals surface area contributed by atoms with E-state index in [9.17, 15) is 19.2 Å². The summed E-state index contributed by atoms with van der Waals surface area (Å²) in [6, 6.07) is 5.67. The predicted molar refractivity (Wildman–Crippen MR) is 128 cm³/mol. The Bertz CT molecular complexity index is 1060. The molecular weight excluding hydrogens is 512 g/mol. The van der Waals surface area contributed by atoms with Gasteiger partial charge < -0.3 is 25.8 Å². The van der Waals surface area contributed by atoms with Crippen LogP contribution in [0.4, 0.5) is 5.69 Å². The van der Waals surface area contributed by atoms with Crippen molar-refractivity contribution in [3.63, 3.8) is 0 Å². The fourth-order valence-corrected chi connectivity index (χ4v) is 4.50. The van der Waals surface area contributed by atoms with Gasteiger partial charge in [-0.3, -0.25) is 19.2 Å². The fraction of sp³-hybridized carbons (Fsp3) is 0.381. The number of hydrogen-bond donors (Lipinski definition) is 3. The number of benzene rings is 1. The number of fused-ring (bicyclic) bond motifs is 1. The van der Waals surface area contributed by atoms with E-state index in [4.69, 9.17) is 0 Å². The third-order valence-electron chi connectivity index (χ3n) is 4.94. The van der Waals surface area contributed by atoms with Crippen LogP contribution in [0.25, 0.3) is 0 Å². The van der Waals surface area contributed by atoms with Crippen LogP contribution in [0.1, 0.15) is 20.4 Å². The zero-order chi connectivity index (χ0) is 24.1. The van der Waals surface area contributed by atoms with E-state index in [1.54, 1.807) is 38.4 Å². The molecule has 0 bridgehead atoms. The first-order valence-electron chi connectivity index (χ1n) is 10.2. The minimum atomic E-state index is -1.06. The summed E-state index contributed by atoms with van der Waals surface area (Å²) in [5.74, 6) is -2.71. The van der Waals surface area contributed by atoms with Crippen molar-refractivity contribution in [3.8, 4) is 0 Å². The molecule has 1 aromatic carbocycles. The van der Waals surface area contributed by atoms with Crippen LogP contribution in [0.15, 0.2) is 28.7 Å². The second-order valence-electron chi connectivity index (χ2n) is 7.81. The number of hydrogen-bond acceptors (Lipinski definition) is 7. The van der Waals surface area contributed by atoms with Crippen LogP contribution in [0.5, 0.6) is 0 Å². The molecular formula is C21H25BrN6O4S. The van der Waals surface area contributed by atoms with E-state index < -0.39 is 29.7 Å². The van der Waals surface area contributed by atoms with Crippen LogP contribution >= 0.6 is 27.3 Å². The molecule has 1 aliphatic heterocycles. The molecule has 33 heavy (non-hydrogen) atoms. The Kier molecular flexibility index (Phi) is 8.16. The first kappa shape index (κ1) is 24.8. The third-order valence-corrected chi connectivity index (χ3v) is 6.55. The highest BCUT2D eigenvalue weighted by atomic mass is 79.9. The van der Waals surface area contributed by atoms with E-state index in [-0.39, 0.29) is 11.6 Å². The number of aromatic nitrogens is 1. The number of halogens is 1. The number of likely N-dealkylation sites (N-methyl/N-ethyl adjacent to an activating group) is 2. The molecule has 12 heteroatoms. The number of nitrogens with one attached hydrogen (secondary N) is 3. The topological polar surface area (TPSA) is 124 Å². The van der Waals surface area contributed by atoms with E-state index in [0.29, 0.717) is 5.69 Å². The van der Waals surface area contributed by atoms with Gasteiger partial charge in [0.05, 0.1) is 5.69 Å². The molecule has 0 fully saturated rings. The molecule has 0 aliphatic carbocycles. The summed E-state index contributed by atoms with van der Waals surface area (Å²) in [6.07, 6.45) is 0.763. The zero-order valence-electron chi connectivity index (χ0n) is 18.5. The lowest BCUT2D eigenvalue weighted by atomic mass is 10.2. The molecule has 3 rings (SSSR count). The van der Waals surface area contributed by atoms with E-state index in [1.807, 2.05) is 7.05 Å². The van der Waals surface area contributed by atoms with Gasteiger partial charge in [-0.05, 0) is 31.3 Å². The SMILES string of the molecule is CN1CCc2nc(C(=O)N[C@@H](CNC(=O)C(=O)Nc3ccc(Br)cc3)C(=O)N(C)C)sc2C1. The van der Waals surface area contributed by atoms with Crippen LogP contribution in [0.3, 0.4) is 0 Å². The largest absolute Gasteiger partial charge is 0.347 e. The van der Waals surface area contributed by atoms with Crippen molar-refractivity contribution >= 4 is 56.6 Å². The quantitative estimate of drug-likeness (QED) is 0.470. The highest BCUT2D eigenvalue weighted by Gasteiger charge is 2.27. The molecule has 0 saturated carbocycles. The van der Waals surface area contributed by atoms with Gasteiger partial charge >= 0.3 is 11.8 Å². The molecule has 0 saturated heterocycles. The normalized spacial score (nSPS) is 14.1. The van der Waals surface area contributed by atoms with Gasteiger partial charge in [0.1, 0.15) is 6.04 Å². The van der Waals surface area contributed by atoms with Gasteiger partial charge in [0, 0.05) is 55.2 Å². The first-order valence-corrected chi connectivity index (χ1v) is 11.8. The minimum Gasteiger partial charge on any atom is -0.347 e. The van der Waals surface area contributed by atoms with Crippen molar-refractivity contribution in [1.29, 1.82) is 0 Å². The van der Waals surface area contributed by atoms with Crippen LogP contribution < -0.4 is 16.0 Å². The summed E-state index contributed by atoms with van der Waals surface area (Å²) >= 11 is 4.59. The van der Waals surface area contributed by atoms with Crippen LogP contribution in [0, 0.1) is 0 Å².